The van der Waals surface area contributed by atoms with Gasteiger partial charge in [0.25, 0.3) is 0 Å². The van der Waals surface area contributed by atoms with Crippen molar-refractivity contribution in [3.05, 3.63) is 47.6 Å². The summed E-state index contributed by atoms with van der Waals surface area (Å²) >= 11 is 0. The van der Waals surface area contributed by atoms with Gasteiger partial charge in [-0.15, -0.1) is 0 Å². The maximum atomic E-state index is 12.5. The van der Waals surface area contributed by atoms with Crippen molar-refractivity contribution in [3.63, 3.8) is 0 Å². The van der Waals surface area contributed by atoms with Gasteiger partial charge in [0.15, 0.2) is 5.82 Å². The predicted molar refractivity (Wildman–Crippen MR) is 90.0 cm³/mol. The molecule has 2 aromatic rings. The normalized spacial score (nSPS) is 21.2. The molecule has 0 spiro atoms. The lowest BCUT2D eigenvalue weighted by Gasteiger charge is -2.17. The number of aromatic nitrogens is 2. The summed E-state index contributed by atoms with van der Waals surface area (Å²) in [6.45, 7) is 5.09. The summed E-state index contributed by atoms with van der Waals surface area (Å²) in [7, 11) is 0. The van der Waals surface area contributed by atoms with E-state index in [0.29, 0.717) is 24.9 Å². The van der Waals surface area contributed by atoms with Crippen LogP contribution in [0.2, 0.25) is 0 Å². The Morgan fingerprint density at radius 3 is 3.00 bits per heavy atom. The molecule has 8 heteroatoms. The summed E-state index contributed by atoms with van der Waals surface area (Å²) in [5.41, 5.74) is 7.28. The van der Waals surface area contributed by atoms with Gasteiger partial charge in [0.2, 0.25) is 11.8 Å². The van der Waals surface area contributed by atoms with Crippen LogP contribution in [-0.4, -0.2) is 29.2 Å². The van der Waals surface area contributed by atoms with Gasteiger partial charge in [-0.05, 0) is 19.4 Å². The van der Waals surface area contributed by atoms with Gasteiger partial charge >= 0.3 is 0 Å². The van der Waals surface area contributed by atoms with E-state index < -0.39 is 0 Å². The zero-order valence-electron chi connectivity index (χ0n) is 14.4. The third-order valence-corrected chi connectivity index (χ3v) is 4.16. The highest BCUT2D eigenvalue weighted by molar-refractivity contribution is 5.80. The molecule has 134 valence electrons. The molecule has 3 N–H and O–H groups in total. The molecule has 8 nitrogen and oxygen atoms in total. The molecule has 0 saturated carbocycles. The van der Waals surface area contributed by atoms with Crippen molar-refractivity contribution < 1.29 is 14.1 Å². The van der Waals surface area contributed by atoms with Crippen molar-refractivity contribution in [1.29, 1.82) is 0 Å². The lowest BCUT2D eigenvalue weighted by molar-refractivity contribution is -0.125. The Bertz CT molecular complexity index is 691. The van der Waals surface area contributed by atoms with Gasteiger partial charge in [-0.1, -0.05) is 35.5 Å². The minimum absolute atomic E-state index is 0.0658. The molecule has 0 radical (unpaired) electrons. The predicted octanol–water partition coefficient (Wildman–Crippen LogP) is 1.25. The van der Waals surface area contributed by atoms with E-state index in [9.17, 15) is 4.79 Å². The zero-order valence-corrected chi connectivity index (χ0v) is 14.4. The topological polar surface area (TPSA) is 101 Å². The molecule has 3 rings (SSSR count). The van der Waals surface area contributed by atoms with Crippen LogP contribution in [0.25, 0.3) is 0 Å². The van der Waals surface area contributed by atoms with E-state index in [1.54, 1.807) is 0 Å². The number of carbonyl (C=O) groups is 1. The summed E-state index contributed by atoms with van der Waals surface area (Å²) in [6, 6.07) is 9.82. The van der Waals surface area contributed by atoms with Crippen molar-refractivity contribution in [2.45, 2.75) is 32.5 Å². The summed E-state index contributed by atoms with van der Waals surface area (Å²) in [5.74, 6) is 0.568. The van der Waals surface area contributed by atoms with Gasteiger partial charge in [-0.3, -0.25) is 10.2 Å². The van der Waals surface area contributed by atoms with Crippen molar-refractivity contribution in [2.24, 2.45) is 5.92 Å². The molecule has 1 aromatic carbocycles. The molecule has 0 bridgehead atoms. The second-order valence-corrected chi connectivity index (χ2v) is 5.88. The fraction of sp³-hybridized carbons (Fsp3) is 0.471. The number of amides is 1. The average molecular weight is 345 g/mol. The zero-order chi connectivity index (χ0) is 17.6. The number of ether oxygens (including phenoxy) is 1. The Kier molecular flexibility index (Phi) is 5.75. The molecular weight excluding hydrogens is 322 g/mol. The number of hydrogen-bond donors (Lipinski definition) is 3. The van der Waals surface area contributed by atoms with Crippen LogP contribution in [0.4, 0.5) is 0 Å². The van der Waals surface area contributed by atoms with Crippen LogP contribution in [0.5, 0.6) is 0 Å². The molecule has 0 aliphatic carbocycles. The molecule has 3 atom stereocenters. The third kappa shape index (κ3) is 4.22. The number of carbonyl (C=O) groups excluding carboxylic acids is 1. The first-order chi connectivity index (χ1) is 12.2. The van der Waals surface area contributed by atoms with E-state index in [4.69, 9.17) is 9.26 Å². The lowest BCUT2D eigenvalue weighted by atomic mass is 9.94. The molecule has 2 heterocycles. The Morgan fingerprint density at radius 1 is 1.44 bits per heavy atom. The van der Waals surface area contributed by atoms with E-state index in [2.05, 4.69) is 26.3 Å². The van der Waals surface area contributed by atoms with Crippen LogP contribution in [0.3, 0.4) is 0 Å². The number of hydrogen-bond acceptors (Lipinski definition) is 7. The minimum Gasteiger partial charge on any atom is -0.371 e. The van der Waals surface area contributed by atoms with Crippen molar-refractivity contribution in [1.82, 2.24) is 26.3 Å². The summed E-state index contributed by atoms with van der Waals surface area (Å²) in [6.07, 6.45) is -0.233. The van der Waals surface area contributed by atoms with Gasteiger partial charge < -0.3 is 14.6 Å². The highest BCUT2D eigenvalue weighted by Crippen LogP contribution is 2.24. The average Bonchev–Trinajstić information content (AvgIpc) is 3.30. The second-order valence-electron chi connectivity index (χ2n) is 5.88. The van der Waals surface area contributed by atoms with Crippen molar-refractivity contribution in [3.8, 4) is 0 Å². The molecule has 1 aliphatic rings. The molecule has 1 saturated heterocycles. The second kappa shape index (κ2) is 8.19. The first kappa shape index (κ1) is 17.5. The standard InChI is InChI=1S/C17H23N5O3/c1-3-24-11(2)16-20-14(25-22-16)10-18-17(23)13-9-19-21-15(13)12-7-5-4-6-8-12/h4-8,11,13,15,19,21H,3,9-10H2,1-2H3,(H,18,23). The Balaban J connectivity index is 1.57. The number of rotatable bonds is 7. The van der Waals surface area contributed by atoms with Crippen molar-refractivity contribution in [2.75, 3.05) is 13.2 Å². The van der Waals surface area contributed by atoms with E-state index in [1.165, 1.54) is 0 Å². The lowest BCUT2D eigenvalue weighted by Crippen LogP contribution is -2.34. The smallest absolute Gasteiger partial charge is 0.246 e. The fourth-order valence-corrected chi connectivity index (χ4v) is 2.84. The van der Waals surface area contributed by atoms with Crippen LogP contribution >= 0.6 is 0 Å². The van der Waals surface area contributed by atoms with Crippen LogP contribution < -0.4 is 16.2 Å². The van der Waals surface area contributed by atoms with E-state index in [0.717, 1.165) is 5.56 Å². The highest BCUT2D eigenvalue weighted by atomic mass is 16.5. The Labute approximate surface area is 146 Å². The maximum absolute atomic E-state index is 12.5. The molecular formula is C17H23N5O3. The fourth-order valence-electron chi connectivity index (χ4n) is 2.84. The van der Waals surface area contributed by atoms with E-state index in [1.807, 2.05) is 44.2 Å². The van der Waals surface area contributed by atoms with Crippen LogP contribution in [-0.2, 0) is 16.1 Å². The first-order valence-corrected chi connectivity index (χ1v) is 8.44. The monoisotopic (exact) mass is 345 g/mol. The molecule has 1 aliphatic heterocycles. The number of nitrogens with one attached hydrogen (secondary N) is 3. The third-order valence-electron chi connectivity index (χ3n) is 4.16. The highest BCUT2D eigenvalue weighted by Gasteiger charge is 2.33. The molecule has 1 fully saturated rings. The van der Waals surface area contributed by atoms with Crippen molar-refractivity contribution >= 4 is 5.91 Å². The number of hydrazine groups is 1. The largest absolute Gasteiger partial charge is 0.371 e. The number of nitrogens with zero attached hydrogens (tertiary/aromatic N) is 2. The number of benzene rings is 1. The van der Waals surface area contributed by atoms with Crippen LogP contribution in [0, 0.1) is 5.92 Å². The molecule has 25 heavy (non-hydrogen) atoms. The quantitative estimate of drug-likeness (QED) is 0.694. The summed E-state index contributed by atoms with van der Waals surface area (Å²) in [4.78, 5) is 16.8. The van der Waals surface area contributed by atoms with Gasteiger partial charge in [-0.2, -0.15) is 4.98 Å². The van der Waals surface area contributed by atoms with Gasteiger partial charge in [0.05, 0.1) is 18.5 Å². The molecule has 3 unspecified atom stereocenters. The molecule has 1 amide bonds. The van der Waals surface area contributed by atoms with Crippen LogP contribution in [0.15, 0.2) is 34.9 Å². The maximum Gasteiger partial charge on any atom is 0.246 e. The van der Waals surface area contributed by atoms with Gasteiger partial charge in [-0.25, -0.2) is 5.43 Å². The molecule has 1 aromatic heterocycles. The van der Waals surface area contributed by atoms with Crippen LogP contribution in [0.1, 0.15) is 43.3 Å². The first-order valence-electron chi connectivity index (χ1n) is 8.44. The summed E-state index contributed by atoms with van der Waals surface area (Å²) < 4.78 is 10.6. The van der Waals surface area contributed by atoms with Gasteiger partial charge in [0.1, 0.15) is 6.10 Å². The van der Waals surface area contributed by atoms with Gasteiger partial charge in [0, 0.05) is 13.2 Å². The van der Waals surface area contributed by atoms with E-state index in [-0.39, 0.29) is 30.5 Å². The minimum atomic E-state index is -0.233. The SMILES string of the molecule is CCOC(C)c1noc(CNC(=O)C2CNNC2c2ccccc2)n1. The summed E-state index contributed by atoms with van der Waals surface area (Å²) in [5, 5.41) is 6.75. The van der Waals surface area contributed by atoms with E-state index >= 15 is 0 Å². The Hall–Kier alpha value is -2.29. The Morgan fingerprint density at radius 2 is 2.24 bits per heavy atom.